The summed E-state index contributed by atoms with van der Waals surface area (Å²) in [6.45, 7) is 1.27. The van der Waals surface area contributed by atoms with Crippen LogP contribution in [0.1, 0.15) is 18.5 Å². The molecule has 0 saturated carbocycles. The Hall–Kier alpha value is -4.45. The van der Waals surface area contributed by atoms with E-state index in [0.717, 1.165) is 22.5 Å². The Balaban J connectivity index is 1.53. The summed E-state index contributed by atoms with van der Waals surface area (Å²) >= 11 is 0. The van der Waals surface area contributed by atoms with E-state index in [-0.39, 0.29) is 12.1 Å². The maximum Gasteiger partial charge on any atom is 0.350 e. The van der Waals surface area contributed by atoms with Gasteiger partial charge in [0.15, 0.2) is 0 Å². The molecule has 0 amide bonds. The summed E-state index contributed by atoms with van der Waals surface area (Å²) in [6.07, 6.45) is 7.39. The maximum atomic E-state index is 14.8. The van der Waals surface area contributed by atoms with E-state index in [4.69, 9.17) is 0 Å². The Morgan fingerprint density at radius 1 is 1.03 bits per heavy atom. The molecule has 0 unspecified atom stereocenters. The fourth-order valence-corrected chi connectivity index (χ4v) is 3.99. The summed E-state index contributed by atoms with van der Waals surface area (Å²) in [5, 5.41) is 24.1. The van der Waals surface area contributed by atoms with Crippen molar-refractivity contribution < 1.29 is 13.9 Å². The number of aliphatic hydroxyl groups is 1. The quantitative estimate of drug-likeness (QED) is 0.384. The lowest BCUT2D eigenvalue weighted by Gasteiger charge is -2.34. The van der Waals surface area contributed by atoms with E-state index < -0.39 is 29.0 Å². The minimum absolute atomic E-state index is 0.202. The predicted octanol–water partition coefficient (Wildman–Crippen LogP) is 2.24. The highest BCUT2D eigenvalue weighted by atomic mass is 19.1. The maximum absolute atomic E-state index is 14.8. The molecule has 3 aromatic heterocycles. The average Bonchev–Trinajstić information content (AvgIpc) is 3.61. The zero-order chi connectivity index (χ0) is 24.6. The summed E-state index contributed by atoms with van der Waals surface area (Å²) in [7, 11) is 0. The molecule has 5 aromatic rings. The molecule has 0 aliphatic carbocycles. The van der Waals surface area contributed by atoms with Crippen molar-refractivity contribution in [3.8, 4) is 11.4 Å². The summed E-state index contributed by atoms with van der Waals surface area (Å²) in [5.41, 5.74) is -1.42. The topological polar surface area (TPSA) is 109 Å². The third-order valence-corrected chi connectivity index (χ3v) is 5.92. The zero-order valence-corrected chi connectivity index (χ0v) is 18.5. The first-order chi connectivity index (χ1) is 16.9. The van der Waals surface area contributed by atoms with Gasteiger partial charge in [-0.25, -0.2) is 37.2 Å². The predicted molar refractivity (Wildman–Crippen MR) is 120 cm³/mol. The molecule has 2 aromatic carbocycles. The van der Waals surface area contributed by atoms with Crippen LogP contribution in [0.15, 0.2) is 84.7 Å². The van der Waals surface area contributed by atoms with Gasteiger partial charge < -0.3 is 5.11 Å². The largest absolute Gasteiger partial charge is 0.381 e. The van der Waals surface area contributed by atoms with Crippen LogP contribution in [-0.2, 0) is 12.1 Å². The fraction of sp³-hybridized carbons (Fsp3) is 0.174. The second kappa shape index (κ2) is 8.72. The van der Waals surface area contributed by atoms with Crippen LogP contribution in [0, 0.1) is 11.6 Å². The second-order valence-corrected chi connectivity index (χ2v) is 8.01. The van der Waals surface area contributed by atoms with Crippen LogP contribution in [0.3, 0.4) is 0 Å². The van der Waals surface area contributed by atoms with Crippen molar-refractivity contribution >= 4 is 0 Å². The SMILES string of the molecule is C[C@@H](n1ncn(-c2ccc(-n3cccn3)cc2)c1=O)[C@](O)(Cn1cncn1)c1ccc(F)cc1F. The van der Waals surface area contributed by atoms with Crippen LogP contribution in [0.2, 0.25) is 0 Å². The first kappa shape index (κ1) is 22.3. The van der Waals surface area contributed by atoms with Crippen molar-refractivity contribution in [3.05, 3.63) is 108 Å². The summed E-state index contributed by atoms with van der Waals surface area (Å²) in [6, 6.07) is 10.7. The molecule has 0 aliphatic rings. The molecule has 0 radical (unpaired) electrons. The smallest absolute Gasteiger partial charge is 0.350 e. The van der Waals surface area contributed by atoms with Gasteiger partial charge in [-0.2, -0.15) is 15.3 Å². The van der Waals surface area contributed by atoms with E-state index in [1.807, 2.05) is 0 Å². The van der Waals surface area contributed by atoms with Crippen LogP contribution in [0.4, 0.5) is 8.78 Å². The van der Waals surface area contributed by atoms with Crippen molar-refractivity contribution in [1.82, 2.24) is 38.9 Å². The molecule has 2 atom stereocenters. The molecule has 3 heterocycles. The van der Waals surface area contributed by atoms with Gasteiger partial charge in [0.25, 0.3) is 0 Å². The number of halogens is 2. The monoisotopic (exact) mass is 478 g/mol. The Morgan fingerprint density at radius 2 is 1.80 bits per heavy atom. The van der Waals surface area contributed by atoms with E-state index in [9.17, 15) is 18.7 Å². The fourth-order valence-electron chi connectivity index (χ4n) is 3.99. The van der Waals surface area contributed by atoms with Gasteiger partial charge in [-0.15, -0.1) is 0 Å². The molecule has 35 heavy (non-hydrogen) atoms. The molecule has 0 saturated heterocycles. The summed E-state index contributed by atoms with van der Waals surface area (Å²) in [5.74, 6) is -1.75. The van der Waals surface area contributed by atoms with Crippen LogP contribution < -0.4 is 5.69 Å². The van der Waals surface area contributed by atoms with Gasteiger partial charge >= 0.3 is 5.69 Å². The molecule has 10 nitrogen and oxygen atoms in total. The number of benzene rings is 2. The Labute approximate surface area is 197 Å². The Bertz CT molecular complexity index is 1490. The van der Waals surface area contributed by atoms with Gasteiger partial charge in [-0.3, -0.25) is 0 Å². The van der Waals surface area contributed by atoms with Crippen molar-refractivity contribution in [1.29, 1.82) is 0 Å². The number of nitrogens with zero attached hydrogens (tertiary/aromatic N) is 8. The average molecular weight is 478 g/mol. The lowest BCUT2D eigenvalue weighted by molar-refractivity contribution is -0.0381. The van der Waals surface area contributed by atoms with Crippen LogP contribution in [-0.4, -0.2) is 44.0 Å². The Morgan fingerprint density at radius 3 is 2.46 bits per heavy atom. The molecule has 0 bridgehead atoms. The highest BCUT2D eigenvalue weighted by Crippen LogP contribution is 2.35. The molecular formula is C23H20F2N8O2. The normalized spacial score (nSPS) is 14.1. The van der Waals surface area contributed by atoms with E-state index in [0.29, 0.717) is 11.8 Å². The molecule has 0 spiro atoms. The summed E-state index contributed by atoms with van der Waals surface area (Å²) < 4.78 is 33.7. The number of aromatic nitrogens is 8. The molecule has 0 aliphatic heterocycles. The van der Waals surface area contributed by atoms with Crippen molar-refractivity contribution in [2.75, 3.05) is 0 Å². The van der Waals surface area contributed by atoms with Crippen LogP contribution >= 0.6 is 0 Å². The van der Waals surface area contributed by atoms with E-state index >= 15 is 0 Å². The van der Waals surface area contributed by atoms with Gasteiger partial charge in [0.2, 0.25) is 0 Å². The first-order valence-electron chi connectivity index (χ1n) is 10.6. The van der Waals surface area contributed by atoms with Gasteiger partial charge in [-0.1, -0.05) is 6.07 Å². The van der Waals surface area contributed by atoms with E-state index in [1.54, 1.807) is 47.4 Å². The van der Waals surface area contributed by atoms with Crippen molar-refractivity contribution in [2.45, 2.75) is 25.1 Å². The minimum Gasteiger partial charge on any atom is -0.381 e. The lowest BCUT2D eigenvalue weighted by atomic mass is 9.86. The second-order valence-electron chi connectivity index (χ2n) is 8.01. The molecule has 12 heteroatoms. The van der Waals surface area contributed by atoms with Crippen molar-refractivity contribution in [2.24, 2.45) is 0 Å². The lowest BCUT2D eigenvalue weighted by Crippen LogP contribution is -2.44. The van der Waals surface area contributed by atoms with Gasteiger partial charge in [0, 0.05) is 24.0 Å². The standard InChI is InChI=1S/C23H20F2N8O2/c1-16(23(35,12-30-14-26-13-28-30)20-8-3-17(24)11-21(20)25)33-22(34)31(15-29-33)18-4-6-19(7-5-18)32-10-2-9-27-32/h2-11,13-16,35H,12H2,1H3/t16-,23-/m1/s1. The minimum atomic E-state index is -2.02. The molecule has 1 N–H and O–H groups in total. The van der Waals surface area contributed by atoms with E-state index in [2.05, 4.69) is 20.3 Å². The highest BCUT2D eigenvalue weighted by Gasteiger charge is 2.41. The first-order valence-corrected chi connectivity index (χ1v) is 10.6. The van der Waals surface area contributed by atoms with Crippen LogP contribution in [0.5, 0.6) is 0 Å². The molecule has 178 valence electrons. The van der Waals surface area contributed by atoms with Crippen molar-refractivity contribution in [3.63, 3.8) is 0 Å². The molecule has 5 rings (SSSR count). The Kier molecular flexibility index (Phi) is 5.57. The van der Waals surface area contributed by atoms with Gasteiger partial charge in [-0.05, 0) is 43.3 Å². The number of hydrogen-bond acceptors (Lipinski definition) is 6. The zero-order valence-electron chi connectivity index (χ0n) is 18.5. The van der Waals surface area contributed by atoms with Crippen LogP contribution in [0.25, 0.3) is 11.4 Å². The third kappa shape index (κ3) is 4.04. The summed E-state index contributed by atoms with van der Waals surface area (Å²) in [4.78, 5) is 17.1. The van der Waals surface area contributed by atoms with E-state index in [1.165, 1.54) is 35.2 Å². The van der Waals surface area contributed by atoms with Gasteiger partial charge in [0.1, 0.15) is 36.2 Å². The molecular weight excluding hydrogens is 458 g/mol. The number of rotatable bonds is 7. The third-order valence-electron chi connectivity index (χ3n) is 5.92. The molecule has 0 fully saturated rings. The number of hydrogen-bond donors (Lipinski definition) is 1. The van der Waals surface area contributed by atoms with Gasteiger partial charge in [0.05, 0.1) is 24.0 Å². The highest BCUT2D eigenvalue weighted by molar-refractivity contribution is 5.40.